The van der Waals surface area contributed by atoms with E-state index in [1.54, 1.807) is 6.07 Å². The third-order valence-electron chi connectivity index (χ3n) is 3.92. The van der Waals surface area contributed by atoms with Gasteiger partial charge >= 0.3 is 18.1 Å². The summed E-state index contributed by atoms with van der Waals surface area (Å²) in [5.74, 6) is -6.05. The van der Waals surface area contributed by atoms with Crippen molar-refractivity contribution in [1.29, 1.82) is 0 Å². The van der Waals surface area contributed by atoms with E-state index in [0.717, 1.165) is 0 Å². The van der Waals surface area contributed by atoms with E-state index < -0.39 is 42.7 Å². The van der Waals surface area contributed by atoms with Crippen molar-refractivity contribution in [2.24, 2.45) is 0 Å². The van der Waals surface area contributed by atoms with Crippen molar-refractivity contribution in [3.05, 3.63) is 35.9 Å². The summed E-state index contributed by atoms with van der Waals surface area (Å²) in [4.78, 5) is 12.0. The van der Waals surface area contributed by atoms with Crippen molar-refractivity contribution in [2.75, 3.05) is 0 Å². The third-order valence-corrected chi connectivity index (χ3v) is 3.92. The first kappa shape index (κ1) is 17.6. The minimum absolute atomic E-state index is 0.0861. The molecule has 1 unspecified atom stereocenters. The number of carbonyl (C=O) groups is 1. The maximum absolute atomic E-state index is 14.2. The van der Waals surface area contributed by atoms with Gasteiger partial charge in [0.25, 0.3) is 6.17 Å². The molecule has 1 fully saturated rings. The molecule has 0 radical (unpaired) electrons. The van der Waals surface area contributed by atoms with Gasteiger partial charge in [-0.3, -0.25) is 0 Å². The Kier molecular flexibility index (Phi) is 4.64. The molecule has 0 heterocycles. The average molecular weight is 340 g/mol. The first-order valence-electron chi connectivity index (χ1n) is 6.97. The number of ether oxygens (including phenoxy) is 1. The van der Waals surface area contributed by atoms with Crippen molar-refractivity contribution >= 4 is 5.97 Å². The second-order valence-electron chi connectivity index (χ2n) is 5.48. The number of alkyl halides is 6. The SMILES string of the molecule is O=C(OC1(C(F)(F)C(F)C(F)(F)F)CCCC1)c1ccccc1. The molecule has 0 aromatic heterocycles. The monoisotopic (exact) mass is 340 g/mol. The first-order chi connectivity index (χ1) is 10.6. The zero-order chi connectivity index (χ0) is 17.3. The normalized spacial score (nSPS) is 19.4. The number of hydrogen-bond acceptors (Lipinski definition) is 2. The Morgan fingerprint density at radius 1 is 1.04 bits per heavy atom. The fraction of sp³-hybridized carbons (Fsp3) is 0.533. The van der Waals surface area contributed by atoms with Gasteiger partial charge in [0, 0.05) is 0 Å². The number of hydrogen-bond donors (Lipinski definition) is 0. The molecule has 1 saturated carbocycles. The minimum atomic E-state index is -5.74. The molecule has 0 bridgehead atoms. The molecular formula is C15H14F6O2. The Balaban J connectivity index is 2.31. The summed E-state index contributed by atoms with van der Waals surface area (Å²) >= 11 is 0. The lowest BCUT2D eigenvalue weighted by Gasteiger charge is -2.38. The molecule has 128 valence electrons. The van der Waals surface area contributed by atoms with Crippen molar-refractivity contribution in [3.63, 3.8) is 0 Å². The molecule has 2 nitrogen and oxygen atoms in total. The van der Waals surface area contributed by atoms with Gasteiger partial charge in [0.15, 0.2) is 5.60 Å². The van der Waals surface area contributed by atoms with E-state index in [9.17, 15) is 31.1 Å². The van der Waals surface area contributed by atoms with Crippen LogP contribution in [-0.4, -0.2) is 29.8 Å². The Bertz CT molecular complexity index is 549. The predicted molar refractivity (Wildman–Crippen MR) is 69.0 cm³/mol. The van der Waals surface area contributed by atoms with Crippen LogP contribution >= 0.6 is 0 Å². The van der Waals surface area contributed by atoms with Crippen LogP contribution in [0.4, 0.5) is 26.3 Å². The van der Waals surface area contributed by atoms with E-state index in [4.69, 9.17) is 4.74 Å². The smallest absolute Gasteiger partial charge is 0.425 e. The Morgan fingerprint density at radius 3 is 2.04 bits per heavy atom. The summed E-state index contributed by atoms with van der Waals surface area (Å²) in [6, 6.07) is 7.02. The van der Waals surface area contributed by atoms with Crippen LogP contribution in [0.2, 0.25) is 0 Å². The van der Waals surface area contributed by atoms with E-state index in [1.807, 2.05) is 0 Å². The van der Waals surface area contributed by atoms with Crippen LogP contribution in [0.25, 0.3) is 0 Å². The molecule has 8 heteroatoms. The van der Waals surface area contributed by atoms with Crippen molar-refractivity contribution < 1.29 is 35.9 Å². The molecule has 1 aromatic rings. The maximum Gasteiger partial charge on any atom is 0.425 e. The van der Waals surface area contributed by atoms with Gasteiger partial charge in [0.05, 0.1) is 5.56 Å². The highest BCUT2D eigenvalue weighted by Crippen LogP contribution is 2.51. The molecule has 0 saturated heterocycles. The van der Waals surface area contributed by atoms with E-state index in [2.05, 4.69) is 0 Å². The third kappa shape index (κ3) is 3.30. The maximum atomic E-state index is 14.2. The summed E-state index contributed by atoms with van der Waals surface area (Å²) in [7, 11) is 0. The average Bonchev–Trinajstić information content (AvgIpc) is 2.96. The number of halogens is 6. The molecule has 0 N–H and O–H groups in total. The fourth-order valence-electron chi connectivity index (χ4n) is 2.70. The van der Waals surface area contributed by atoms with Crippen LogP contribution < -0.4 is 0 Å². The molecule has 0 aliphatic heterocycles. The first-order valence-corrected chi connectivity index (χ1v) is 6.97. The largest absolute Gasteiger partial charge is 0.449 e. The van der Waals surface area contributed by atoms with Crippen LogP contribution in [0.3, 0.4) is 0 Å². The van der Waals surface area contributed by atoms with Crippen molar-refractivity contribution in [3.8, 4) is 0 Å². The summed E-state index contributed by atoms with van der Waals surface area (Å²) in [5.41, 5.74) is -2.87. The highest BCUT2D eigenvalue weighted by atomic mass is 19.4. The topological polar surface area (TPSA) is 26.3 Å². The lowest BCUT2D eigenvalue weighted by atomic mass is 9.89. The van der Waals surface area contributed by atoms with E-state index in [1.165, 1.54) is 24.3 Å². The van der Waals surface area contributed by atoms with Crippen LogP contribution in [0, 0.1) is 0 Å². The van der Waals surface area contributed by atoms with Gasteiger partial charge in [-0.15, -0.1) is 0 Å². The van der Waals surface area contributed by atoms with Gasteiger partial charge in [-0.2, -0.15) is 22.0 Å². The second kappa shape index (κ2) is 6.05. The summed E-state index contributed by atoms with van der Waals surface area (Å²) < 4.78 is 83.8. The van der Waals surface area contributed by atoms with Crippen LogP contribution in [0.1, 0.15) is 36.0 Å². The number of esters is 1. The molecule has 1 aliphatic carbocycles. The fourth-order valence-corrected chi connectivity index (χ4v) is 2.70. The highest BCUT2D eigenvalue weighted by Gasteiger charge is 2.69. The number of benzene rings is 1. The van der Waals surface area contributed by atoms with E-state index in [-0.39, 0.29) is 18.4 Å². The highest BCUT2D eigenvalue weighted by molar-refractivity contribution is 5.89. The lowest BCUT2D eigenvalue weighted by molar-refractivity contribution is -0.291. The van der Waals surface area contributed by atoms with Gasteiger partial charge in [-0.25, -0.2) is 9.18 Å². The standard InChI is InChI=1S/C15H14F6O2/c16-12(15(19,20)21)14(17,18)13(8-4-5-9-13)23-11(22)10-6-2-1-3-7-10/h1-3,6-7,12H,4-5,8-9H2. The van der Waals surface area contributed by atoms with Crippen molar-refractivity contribution in [1.82, 2.24) is 0 Å². The van der Waals surface area contributed by atoms with Crippen LogP contribution in [0.5, 0.6) is 0 Å². The number of rotatable bonds is 4. The summed E-state index contributed by atoms with van der Waals surface area (Å²) in [5, 5.41) is 0. The van der Waals surface area contributed by atoms with Crippen LogP contribution in [0.15, 0.2) is 30.3 Å². The lowest BCUT2D eigenvalue weighted by Crippen LogP contribution is -2.58. The quantitative estimate of drug-likeness (QED) is 0.587. The number of carbonyl (C=O) groups excluding carboxylic acids is 1. The molecule has 1 aliphatic rings. The summed E-state index contributed by atoms with van der Waals surface area (Å²) in [6.45, 7) is 0. The van der Waals surface area contributed by atoms with Gasteiger partial charge in [-0.1, -0.05) is 18.2 Å². The van der Waals surface area contributed by atoms with Gasteiger partial charge < -0.3 is 4.74 Å². The molecule has 1 aromatic carbocycles. The summed E-state index contributed by atoms with van der Waals surface area (Å²) in [6.07, 6.45) is -10.9. The van der Waals surface area contributed by atoms with Crippen LogP contribution in [-0.2, 0) is 4.74 Å². The molecular weight excluding hydrogens is 326 g/mol. The zero-order valence-electron chi connectivity index (χ0n) is 11.9. The molecule has 0 spiro atoms. The van der Waals surface area contributed by atoms with E-state index >= 15 is 0 Å². The Labute approximate surface area is 128 Å². The Hall–Kier alpha value is -1.73. The van der Waals surface area contributed by atoms with Gasteiger partial charge in [0.1, 0.15) is 0 Å². The zero-order valence-corrected chi connectivity index (χ0v) is 11.9. The molecule has 0 amide bonds. The molecule has 1 atom stereocenters. The molecule has 2 rings (SSSR count). The molecule has 23 heavy (non-hydrogen) atoms. The van der Waals surface area contributed by atoms with E-state index in [0.29, 0.717) is 0 Å². The van der Waals surface area contributed by atoms with Gasteiger partial charge in [-0.05, 0) is 37.8 Å². The predicted octanol–water partition coefficient (Wildman–Crippen LogP) is 4.69. The second-order valence-corrected chi connectivity index (χ2v) is 5.48. The Morgan fingerprint density at radius 2 is 1.57 bits per heavy atom. The minimum Gasteiger partial charge on any atom is -0.449 e. The van der Waals surface area contributed by atoms with Crippen molar-refractivity contribution in [2.45, 2.75) is 49.6 Å². The van der Waals surface area contributed by atoms with Gasteiger partial charge in [0.2, 0.25) is 0 Å².